The SMILES string of the molecule is Cc1nccn1-c1cc(N2CCC(C(=O)Nc3ccc(S(=O)(=O)Nc4nccs4)cc3)CC2)ncn1. The minimum atomic E-state index is -3.74. The van der Waals surface area contributed by atoms with Crippen molar-refractivity contribution in [1.29, 1.82) is 0 Å². The number of sulfonamides is 1. The van der Waals surface area contributed by atoms with E-state index in [-0.39, 0.29) is 16.7 Å². The van der Waals surface area contributed by atoms with Gasteiger partial charge in [-0.3, -0.25) is 14.1 Å². The molecule has 3 aromatic heterocycles. The lowest BCUT2D eigenvalue weighted by atomic mass is 9.96. The molecule has 0 saturated carbocycles. The summed E-state index contributed by atoms with van der Waals surface area (Å²) in [6.45, 7) is 3.30. The van der Waals surface area contributed by atoms with Gasteiger partial charge in [-0.05, 0) is 44.0 Å². The summed E-state index contributed by atoms with van der Waals surface area (Å²) < 4.78 is 29.3. The van der Waals surface area contributed by atoms with Crippen molar-refractivity contribution in [2.75, 3.05) is 28.0 Å². The van der Waals surface area contributed by atoms with Crippen LogP contribution in [-0.2, 0) is 14.8 Å². The Hall–Kier alpha value is -3.84. The summed E-state index contributed by atoms with van der Waals surface area (Å²) in [6, 6.07) is 8.02. The predicted molar refractivity (Wildman–Crippen MR) is 137 cm³/mol. The number of carbonyl (C=O) groups excluding carboxylic acids is 1. The number of anilines is 3. The van der Waals surface area contributed by atoms with Crippen LogP contribution in [0.3, 0.4) is 0 Å². The number of rotatable bonds is 7. The van der Waals surface area contributed by atoms with Crippen LogP contribution in [0.1, 0.15) is 18.7 Å². The zero-order valence-electron chi connectivity index (χ0n) is 19.4. The zero-order valence-corrected chi connectivity index (χ0v) is 21.0. The molecule has 1 aliphatic heterocycles. The van der Waals surface area contributed by atoms with Crippen molar-refractivity contribution in [1.82, 2.24) is 24.5 Å². The van der Waals surface area contributed by atoms with Crippen molar-refractivity contribution >= 4 is 43.9 Å². The molecular formula is C23H24N8O3S2. The first-order valence-corrected chi connectivity index (χ1v) is 13.7. The van der Waals surface area contributed by atoms with E-state index in [1.807, 2.05) is 23.8 Å². The summed E-state index contributed by atoms with van der Waals surface area (Å²) in [4.78, 5) is 32.0. The lowest BCUT2D eigenvalue weighted by molar-refractivity contribution is -0.120. The van der Waals surface area contributed by atoms with Gasteiger partial charge in [0.1, 0.15) is 23.8 Å². The van der Waals surface area contributed by atoms with Crippen molar-refractivity contribution in [3.05, 3.63) is 66.5 Å². The average Bonchev–Trinajstić information content (AvgIpc) is 3.56. The van der Waals surface area contributed by atoms with Gasteiger partial charge in [0.25, 0.3) is 10.0 Å². The number of carbonyl (C=O) groups is 1. The molecule has 186 valence electrons. The van der Waals surface area contributed by atoms with Gasteiger partial charge in [0, 0.05) is 54.7 Å². The highest BCUT2D eigenvalue weighted by molar-refractivity contribution is 7.93. The number of nitrogens with zero attached hydrogens (tertiary/aromatic N) is 6. The molecule has 5 rings (SSSR count). The van der Waals surface area contributed by atoms with Crippen LogP contribution in [0.5, 0.6) is 0 Å². The third-order valence-corrected chi connectivity index (χ3v) is 8.16. The largest absolute Gasteiger partial charge is 0.356 e. The van der Waals surface area contributed by atoms with Gasteiger partial charge >= 0.3 is 0 Å². The minimum Gasteiger partial charge on any atom is -0.356 e. The van der Waals surface area contributed by atoms with Crippen LogP contribution in [0.25, 0.3) is 5.82 Å². The summed E-state index contributed by atoms with van der Waals surface area (Å²) in [5.74, 6) is 2.19. The van der Waals surface area contributed by atoms with Crippen molar-refractivity contribution in [2.24, 2.45) is 5.92 Å². The number of amides is 1. The third kappa shape index (κ3) is 5.21. The van der Waals surface area contributed by atoms with Crippen LogP contribution in [0.4, 0.5) is 16.6 Å². The van der Waals surface area contributed by atoms with E-state index in [1.165, 1.54) is 29.7 Å². The first kappa shape index (κ1) is 23.9. The summed E-state index contributed by atoms with van der Waals surface area (Å²) in [7, 11) is -3.74. The van der Waals surface area contributed by atoms with E-state index in [9.17, 15) is 13.2 Å². The van der Waals surface area contributed by atoms with Gasteiger partial charge < -0.3 is 10.2 Å². The summed E-state index contributed by atoms with van der Waals surface area (Å²) in [6.07, 6.45) is 8.02. The number of nitrogens with one attached hydrogen (secondary N) is 2. The standard InChI is InChI=1S/C23H24N8O3S2/c1-16-24-8-12-31(16)21-14-20(26-15-27-21)30-10-6-17(7-11-30)22(32)28-18-2-4-19(5-3-18)36(33,34)29-23-25-9-13-35-23/h2-5,8-9,12-15,17H,6-7,10-11H2,1H3,(H,25,29)(H,28,32). The van der Waals surface area contributed by atoms with E-state index in [4.69, 9.17) is 0 Å². The lowest BCUT2D eigenvalue weighted by Crippen LogP contribution is -2.38. The average molecular weight is 525 g/mol. The van der Waals surface area contributed by atoms with E-state index in [0.29, 0.717) is 36.8 Å². The highest BCUT2D eigenvalue weighted by Gasteiger charge is 2.26. The maximum Gasteiger partial charge on any atom is 0.263 e. The highest BCUT2D eigenvalue weighted by atomic mass is 32.2. The Kier molecular flexibility index (Phi) is 6.65. The fourth-order valence-electron chi connectivity index (χ4n) is 4.04. The van der Waals surface area contributed by atoms with Crippen molar-refractivity contribution in [2.45, 2.75) is 24.7 Å². The normalized spacial score (nSPS) is 14.5. The molecule has 0 unspecified atom stereocenters. The van der Waals surface area contributed by atoms with E-state index in [0.717, 1.165) is 17.5 Å². The van der Waals surface area contributed by atoms with Gasteiger partial charge in [-0.1, -0.05) is 0 Å². The molecule has 0 atom stereocenters. The molecule has 1 fully saturated rings. The molecule has 0 bridgehead atoms. The molecule has 0 aliphatic carbocycles. The maximum absolute atomic E-state index is 12.8. The van der Waals surface area contributed by atoms with Crippen molar-refractivity contribution in [3.8, 4) is 5.82 Å². The molecule has 0 radical (unpaired) electrons. The Bertz CT molecular complexity index is 1440. The number of imidazole rings is 1. The first-order chi connectivity index (χ1) is 17.4. The fraction of sp³-hybridized carbons (Fsp3) is 0.261. The Balaban J connectivity index is 1.17. The molecule has 36 heavy (non-hydrogen) atoms. The maximum atomic E-state index is 12.8. The van der Waals surface area contributed by atoms with Gasteiger partial charge in [-0.2, -0.15) is 0 Å². The summed E-state index contributed by atoms with van der Waals surface area (Å²) in [5.41, 5.74) is 0.548. The minimum absolute atomic E-state index is 0.0800. The Morgan fingerprint density at radius 3 is 2.44 bits per heavy atom. The van der Waals surface area contributed by atoms with E-state index < -0.39 is 10.0 Å². The summed E-state index contributed by atoms with van der Waals surface area (Å²) >= 11 is 1.20. The molecule has 1 aliphatic rings. The molecule has 4 aromatic rings. The van der Waals surface area contributed by atoms with Gasteiger partial charge in [0.2, 0.25) is 5.91 Å². The molecule has 11 nitrogen and oxygen atoms in total. The third-order valence-electron chi connectivity index (χ3n) is 5.99. The van der Waals surface area contributed by atoms with Gasteiger partial charge in [0.05, 0.1) is 4.90 Å². The van der Waals surface area contributed by atoms with Crippen LogP contribution in [0.2, 0.25) is 0 Å². The second-order valence-electron chi connectivity index (χ2n) is 8.30. The van der Waals surface area contributed by atoms with Gasteiger partial charge in [-0.25, -0.2) is 28.4 Å². The quantitative estimate of drug-likeness (QED) is 0.377. The molecule has 0 spiro atoms. The smallest absolute Gasteiger partial charge is 0.263 e. The number of hydrogen-bond acceptors (Lipinski definition) is 9. The number of hydrogen-bond donors (Lipinski definition) is 2. The molecule has 1 aromatic carbocycles. The molecule has 13 heteroatoms. The monoisotopic (exact) mass is 524 g/mol. The topological polar surface area (TPSA) is 135 Å². The molecular weight excluding hydrogens is 500 g/mol. The predicted octanol–water partition coefficient (Wildman–Crippen LogP) is 3.08. The number of piperidine rings is 1. The molecule has 1 saturated heterocycles. The zero-order chi connectivity index (χ0) is 25.1. The Labute approximate surface area is 212 Å². The molecule has 1 amide bonds. The van der Waals surface area contributed by atoms with Crippen LogP contribution < -0.4 is 14.9 Å². The Morgan fingerprint density at radius 2 is 1.78 bits per heavy atom. The van der Waals surface area contributed by atoms with Crippen LogP contribution in [0, 0.1) is 12.8 Å². The Morgan fingerprint density at radius 1 is 1.03 bits per heavy atom. The lowest BCUT2D eigenvalue weighted by Gasteiger charge is -2.32. The molecule has 4 heterocycles. The molecule has 2 N–H and O–H groups in total. The number of aryl methyl sites for hydroxylation is 1. The second kappa shape index (κ2) is 10.0. The first-order valence-electron chi connectivity index (χ1n) is 11.3. The van der Waals surface area contributed by atoms with E-state index >= 15 is 0 Å². The summed E-state index contributed by atoms with van der Waals surface area (Å²) in [5, 5.41) is 4.89. The van der Waals surface area contributed by atoms with Gasteiger partial charge in [0.15, 0.2) is 5.13 Å². The van der Waals surface area contributed by atoms with Crippen LogP contribution in [-0.4, -0.2) is 51.9 Å². The van der Waals surface area contributed by atoms with Crippen LogP contribution in [0.15, 0.2) is 65.5 Å². The van der Waals surface area contributed by atoms with E-state index in [2.05, 4.69) is 34.9 Å². The van der Waals surface area contributed by atoms with Gasteiger partial charge in [-0.15, -0.1) is 11.3 Å². The number of thiazole rings is 1. The number of aromatic nitrogens is 5. The fourth-order valence-corrected chi connectivity index (χ4v) is 5.83. The number of benzene rings is 1. The van der Waals surface area contributed by atoms with E-state index in [1.54, 1.807) is 30.0 Å². The highest BCUT2D eigenvalue weighted by Crippen LogP contribution is 2.25. The second-order valence-corrected chi connectivity index (χ2v) is 10.9. The van der Waals surface area contributed by atoms with Crippen molar-refractivity contribution < 1.29 is 13.2 Å². The van der Waals surface area contributed by atoms with Crippen LogP contribution >= 0.6 is 11.3 Å². The van der Waals surface area contributed by atoms with Crippen molar-refractivity contribution in [3.63, 3.8) is 0 Å².